The number of urea groups is 1. The Morgan fingerprint density at radius 3 is 2.39 bits per heavy atom. The van der Waals surface area contributed by atoms with Gasteiger partial charge >= 0.3 is 6.03 Å². The molecule has 0 aliphatic rings. The molecule has 130 valence electrons. The number of nitrogens with one attached hydrogen (secondary N) is 2. The molecule has 0 heterocycles. The molecule has 0 spiro atoms. The molecule has 4 nitrogen and oxygen atoms in total. The first-order valence-corrected chi connectivity index (χ1v) is 8.42. The smallest absolute Gasteiger partial charge is 0.315 e. The molecule has 0 aromatic heterocycles. The van der Waals surface area contributed by atoms with Crippen LogP contribution in [0, 0.1) is 6.92 Å². The maximum Gasteiger partial charge on any atom is 0.315 e. The monoisotopic (exact) mass is 319 g/mol. The zero-order valence-electron chi connectivity index (χ0n) is 15.6. The van der Waals surface area contributed by atoms with Gasteiger partial charge in [-0.05, 0) is 57.6 Å². The molecule has 23 heavy (non-hydrogen) atoms. The highest BCUT2D eigenvalue weighted by molar-refractivity contribution is 5.78. The van der Waals surface area contributed by atoms with Gasteiger partial charge in [0.15, 0.2) is 0 Å². The molecular formula is C19H33N3O. The molecule has 4 heteroatoms. The van der Waals surface area contributed by atoms with E-state index in [0.717, 1.165) is 18.5 Å². The third-order valence-electron chi connectivity index (χ3n) is 3.35. The second-order valence-electron chi connectivity index (χ2n) is 5.40. The van der Waals surface area contributed by atoms with E-state index in [4.69, 9.17) is 0 Å². The molecule has 0 atom stereocenters. The van der Waals surface area contributed by atoms with E-state index in [-0.39, 0.29) is 6.03 Å². The Bertz CT molecular complexity index is 481. The molecule has 0 saturated heterocycles. The van der Waals surface area contributed by atoms with Crippen LogP contribution >= 0.6 is 0 Å². The fraction of sp³-hybridized carbons (Fsp3) is 0.526. The van der Waals surface area contributed by atoms with E-state index in [1.165, 1.54) is 11.1 Å². The maximum atomic E-state index is 11.8. The van der Waals surface area contributed by atoms with Crippen LogP contribution in [0.15, 0.2) is 30.3 Å². The molecule has 0 bridgehead atoms. The van der Waals surface area contributed by atoms with Gasteiger partial charge in [-0.15, -0.1) is 0 Å². The number of rotatable bonds is 7. The van der Waals surface area contributed by atoms with Gasteiger partial charge in [-0.2, -0.15) is 0 Å². The standard InChI is InChI=1S/C17H27N3O.C2H6/c1-5-15(16-10-7-6-9-14(16)2)13-19-17(21)18-11-8-12-20(3)4;1-2/h5-7,9-10H,8,11-13H2,1-4H3,(H2,18,19,21);1-2H3/b15-5-;. The van der Waals surface area contributed by atoms with Gasteiger partial charge in [0, 0.05) is 13.1 Å². The molecule has 0 fully saturated rings. The lowest BCUT2D eigenvalue weighted by atomic mass is 10.0. The van der Waals surface area contributed by atoms with Gasteiger partial charge in [-0.3, -0.25) is 0 Å². The predicted molar refractivity (Wildman–Crippen MR) is 101 cm³/mol. The van der Waals surface area contributed by atoms with Crippen molar-refractivity contribution in [1.82, 2.24) is 15.5 Å². The number of carbonyl (C=O) groups excluding carboxylic acids is 1. The van der Waals surface area contributed by atoms with E-state index in [1.807, 2.05) is 47.0 Å². The first-order chi connectivity index (χ1) is 11.0. The van der Waals surface area contributed by atoms with Gasteiger partial charge in [0.25, 0.3) is 0 Å². The molecule has 0 radical (unpaired) electrons. The Balaban J connectivity index is 0.00000232. The zero-order chi connectivity index (χ0) is 17.7. The van der Waals surface area contributed by atoms with Crippen molar-refractivity contribution in [2.24, 2.45) is 0 Å². The number of carbonyl (C=O) groups is 1. The number of benzene rings is 1. The van der Waals surface area contributed by atoms with Crippen LogP contribution in [0.4, 0.5) is 4.79 Å². The molecule has 0 aliphatic carbocycles. The van der Waals surface area contributed by atoms with E-state index < -0.39 is 0 Å². The molecule has 1 aromatic carbocycles. The second-order valence-corrected chi connectivity index (χ2v) is 5.40. The molecule has 1 rings (SSSR count). The SMILES string of the molecule is C/C=C(/CNC(=O)NCCCN(C)C)c1ccccc1C.CC. The normalized spacial score (nSPS) is 10.8. The van der Waals surface area contributed by atoms with Crippen LogP contribution in [0.1, 0.15) is 38.3 Å². The highest BCUT2D eigenvalue weighted by Gasteiger charge is 2.06. The minimum absolute atomic E-state index is 0.110. The number of nitrogens with zero attached hydrogens (tertiary/aromatic N) is 1. The van der Waals surface area contributed by atoms with Crippen LogP contribution in [0.25, 0.3) is 5.57 Å². The van der Waals surface area contributed by atoms with Crippen molar-refractivity contribution in [1.29, 1.82) is 0 Å². The van der Waals surface area contributed by atoms with Crippen molar-refractivity contribution < 1.29 is 4.79 Å². The summed E-state index contributed by atoms with van der Waals surface area (Å²) < 4.78 is 0. The minimum Gasteiger partial charge on any atom is -0.338 e. The number of hydrogen-bond donors (Lipinski definition) is 2. The third kappa shape index (κ3) is 9.04. The summed E-state index contributed by atoms with van der Waals surface area (Å²) in [5.41, 5.74) is 3.54. The molecular weight excluding hydrogens is 286 g/mol. The van der Waals surface area contributed by atoms with Crippen LogP contribution in [-0.4, -0.2) is 44.7 Å². The van der Waals surface area contributed by atoms with E-state index in [2.05, 4.69) is 40.7 Å². The average Bonchev–Trinajstić information content (AvgIpc) is 2.55. The van der Waals surface area contributed by atoms with Crippen molar-refractivity contribution in [3.63, 3.8) is 0 Å². The van der Waals surface area contributed by atoms with E-state index >= 15 is 0 Å². The fourth-order valence-corrected chi connectivity index (χ4v) is 2.12. The fourth-order valence-electron chi connectivity index (χ4n) is 2.12. The molecule has 0 unspecified atom stereocenters. The van der Waals surface area contributed by atoms with Crippen molar-refractivity contribution in [3.8, 4) is 0 Å². The average molecular weight is 319 g/mol. The summed E-state index contributed by atoms with van der Waals surface area (Å²) >= 11 is 0. The molecule has 2 amide bonds. The van der Waals surface area contributed by atoms with Crippen LogP contribution in [0.5, 0.6) is 0 Å². The number of hydrogen-bond acceptors (Lipinski definition) is 2. The Hall–Kier alpha value is -1.81. The van der Waals surface area contributed by atoms with E-state index in [9.17, 15) is 4.79 Å². The Labute approximate surface area is 142 Å². The molecule has 2 N–H and O–H groups in total. The van der Waals surface area contributed by atoms with Crippen molar-refractivity contribution in [2.45, 2.75) is 34.1 Å². The van der Waals surface area contributed by atoms with Crippen molar-refractivity contribution in [3.05, 3.63) is 41.5 Å². The first-order valence-electron chi connectivity index (χ1n) is 8.42. The minimum atomic E-state index is -0.110. The number of allylic oxidation sites excluding steroid dienone is 1. The number of amides is 2. The summed E-state index contributed by atoms with van der Waals surface area (Å²) in [6.07, 6.45) is 3.00. The summed E-state index contributed by atoms with van der Waals surface area (Å²) in [4.78, 5) is 13.9. The molecule has 1 aromatic rings. The summed E-state index contributed by atoms with van der Waals surface area (Å²) in [6, 6.07) is 8.10. The van der Waals surface area contributed by atoms with Gasteiger partial charge in [0.2, 0.25) is 0 Å². The van der Waals surface area contributed by atoms with E-state index in [1.54, 1.807) is 0 Å². The summed E-state index contributed by atoms with van der Waals surface area (Å²) in [5.74, 6) is 0. The Kier molecular flexibility index (Phi) is 11.7. The number of aryl methyl sites for hydroxylation is 1. The van der Waals surface area contributed by atoms with Crippen LogP contribution in [-0.2, 0) is 0 Å². The van der Waals surface area contributed by atoms with Gasteiger partial charge in [0.05, 0.1) is 0 Å². The third-order valence-corrected chi connectivity index (χ3v) is 3.35. The topological polar surface area (TPSA) is 44.4 Å². The largest absolute Gasteiger partial charge is 0.338 e. The lowest BCUT2D eigenvalue weighted by molar-refractivity contribution is 0.241. The highest BCUT2D eigenvalue weighted by atomic mass is 16.2. The summed E-state index contributed by atoms with van der Waals surface area (Å²) in [7, 11) is 4.06. The lowest BCUT2D eigenvalue weighted by Crippen LogP contribution is -2.37. The first kappa shape index (κ1) is 21.2. The summed E-state index contributed by atoms with van der Waals surface area (Å²) in [6.45, 7) is 10.3. The quantitative estimate of drug-likeness (QED) is 0.753. The molecule has 0 saturated carbocycles. The maximum absolute atomic E-state index is 11.8. The lowest BCUT2D eigenvalue weighted by Gasteiger charge is -2.13. The predicted octanol–water partition coefficient (Wildman–Crippen LogP) is 3.68. The second kappa shape index (κ2) is 12.7. The van der Waals surface area contributed by atoms with Crippen LogP contribution in [0.3, 0.4) is 0 Å². The van der Waals surface area contributed by atoms with E-state index in [0.29, 0.717) is 13.1 Å². The van der Waals surface area contributed by atoms with Gasteiger partial charge in [0.1, 0.15) is 0 Å². The van der Waals surface area contributed by atoms with Gasteiger partial charge in [-0.1, -0.05) is 44.2 Å². The Morgan fingerprint density at radius 2 is 1.83 bits per heavy atom. The zero-order valence-corrected chi connectivity index (χ0v) is 15.6. The van der Waals surface area contributed by atoms with Gasteiger partial charge in [-0.25, -0.2) is 4.79 Å². The van der Waals surface area contributed by atoms with Crippen molar-refractivity contribution in [2.75, 3.05) is 33.7 Å². The van der Waals surface area contributed by atoms with Crippen LogP contribution < -0.4 is 10.6 Å². The van der Waals surface area contributed by atoms with Crippen LogP contribution in [0.2, 0.25) is 0 Å². The van der Waals surface area contributed by atoms with Crippen molar-refractivity contribution >= 4 is 11.6 Å². The van der Waals surface area contributed by atoms with Gasteiger partial charge < -0.3 is 15.5 Å². The highest BCUT2D eigenvalue weighted by Crippen LogP contribution is 2.17. The molecule has 0 aliphatic heterocycles. The summed E-state index contributed by atoms with van der Waals surface area (Å²) in [5, 5.41) is 5.80. The Morgan fingerprint density at radius 1 is 1.17 bits per heavy atom.